The van der Waals surface area contributed by atoms with Crippen molar-refractivity contribution in [2.75, 3.05) is 31.1 Å². The zero-order valence-electron chi connectivity index (χ0n) is 15.6. The highest BCUT2D eigenvalue weighted by atomic mass is 19.1. The Morgan fingerprint density at radius 1 is 1.11 bits per heavy atom. The molecule has 6 nitrogen and oxygen atoms in total. The predicted molar refractivity (Wildman–Crippen MR) is 103 cm³/mol. The van der Waals surface area contributed by atoms with Crippen LogP contribution in [0.1, 0.15) is 11.5 Å². The van der Waals surface area contributed by atoms with Crippen LogP contribution in [0.2, 0.25) is 0 Å². The lowest BCUT2D eigenvalue weighted by Gasteiger charge is -2.35. The smallest absolute Gasteiger partial charge is 0.228 e. The molecule has 0 saturated carbocycles. The molecule has 0 unspecified atom stereocenters. The summed E-state index contributed by atoms with van der Waals surface area (Å²) in [4.78, 5) is 25.6. The third-order valence-electron chi connectivity index (χ3n) is 4.91. The van der Waals surface area contributed by atoms with E-state index in [0.717, 1.165) is 18.9 Å². The average Bonchev–Trinajstić information content (AvgIpc) is 3.09. The number of piperazine rings is 1. The van der Waals surface area contributed by atoms with E-state index in [4.69, 9.17) is 4.42 Å². The normalized spacial score (nSPS) is 14.4. The first-order valence-corrected chi connectivity index (χ1v) is 9.26. The highest BCUT2D eigenvalue weighted by Crippen LogP contribution is 2.23. The van der Waals surface area contributed by atoms with Crippen molar-refractivity contribution in [2.24, 2.45) is 0 Å². The van der Waals surface area contributed by atoms with Crippen molar-refractivity contribution in [2.45, 2.75) is 13.3 Å². The van der Waals surface area contributed by atoms with Crippen LogP contribution in [-0.4, -0.2) is 47.0 Å². The monoisotopic (exact) mass is 380 g/mol. The maximum absolute atomic E-state index is 13.1. The summed E-state index contributed by atoms with van der Waals surface area (Å²) in [6.07, 6.45) is 1.97. The molecule has 1 saturated heterocycles. The Kier molecular flexibility index (Phi) is 5.06. The molecule has 0 radical (unpaired) electrons. The van der Waals surface area contributed by atoms with Crippen LogP contribution in [0, 0.1) is 12.7 Å². The molecule has 3 heterocycles. The number of carbonyl (C=O) groups is 1. The van der Waals surface area contributed by atoms with E-state index in [1.807, 2.05) is 23.1 Å². The van der Waals surface area contributed by atoms with Gasteiger partial charge in [0.25, 0.3) is 0 Å². The number of aromatic nitrogens is 2. The number of benzene rings is 1. The van der Waals surface area contributed by atoms with Crippen molar-refractivity contribution >= 4 is 11.7 Å². The molecule has 7 heteroatoms. The molecule has 1 aliphatic rings. The van der Waals surface area contributed by atoms with Crippen LogP contribution in [-0.2, 0) is 11.2 Å². The molecule has 1 aliphatic heterocycles. The Morgan fingerprint density at radius 3 is 2.54 bits per heavy atom. The molecule has 0 N–H and O–H groups in total. The molecular weight excluding hydrogens is 359 g/mol. The van der Waals surface area contributed by atoms with Crippen LogP contribution < -0.4 is 4.90 Å². The summed E-state index contributed by atoms with van der Waals surface area (Å²) in [7, 11) is 0. The predicted octanol–water partition coefficient (Wildman–Crippen LogP) is 3.08. The van der Waals surface area contributed by atoms with Crippen molar-refractivity contribution in [1.82, 2.24) is 14.9 Å². The maximum Gasteiger partial charge on any atom is 0.228 e. The number of oxazole rings is 1. The first-order chi connectivity index (χ1) is 13.6. The van der Waals surface area contributed by atoms with E-state index in [2.05, 4.69) is 14.9 Å². The Morgan fingerprint density at radius 2 is 1.86 bits per heavy atom. The molecule has 4 rings (SSSR count). The van der Waals surface area contributed by atoms with Gasteiger partial charge in [-0.15, -0.1) is 0 Å². The average molecular weight is 380 g/mol. The van der Waals surface area contributed by atoms with Gasteiger partial charge in [0.2, 0.25) is 11.8 Å². The number of aryl methyl sites for hydroxylation is 1. The van der Waals surface area contributed by atoms with Crippen molar-refractivity contribution in [3.05, 3.63) is 65.9 Å². The van der Waals surface area contributed by atoms with Gasteiger partial charge in [0.1, 0.15) is 17.4 Å². The SMILES string of the molecule is Cc1oc(-c2ccc(F)cc2)nc1CC(=O)N1CCN(c2ccccn2)CC1. The zero-order valence-corrected chi connectivity index (χ0v) is 15.6. The van der Waals surface area contributed by atoms with Crippen LogP contribution >= 0.6 is 0 Å². The summed E-state index contributed by atoms with van der Waals surface area (Å²) in [5.74, 6) is 1.67. The minimum Gasteiger partial charge on any atom is -0.441 e. The molecule has 2 aromatic heterocycles. The Bertz CT molecular complexity index is 948. The second-order valence-corrected chi connectivity index (χ2v) is 6.76. The third-order valence-corrected chi connectivity index (χ3v) is 4.91. The van der Waals surface area contributed by atoms with Gasteiger partial charge >= 0.3 is 0 Å². The zero-order chi connectivity index (χ0) is 19.5. The Labute approximate surface area is 162 Å². The first kappa shape index (κ1) is 18.2. The van der Waals surface area contributed by atoms with Gasteiger partial charge in [-0.05, 0) is 43.3 Å². The minimum absolute atomic E-state index is 0.0303. The summed E-state index contributed by atoms with van der Waals surface area (Å²) in [6.45, 7) is 4.60. The molecule has 144 valence electrons. The highest BCUT2D eigenvalue weighted by Gasteiger charge is 2.24. The van der Waals surface area contributed by atoms with Crippen molar-refractivity contribution in [3.8, 4) is 11.5 Å². The Hall–Kier alpha value is -3.22. The topological polar surface area (TPSA) is 62.5 Å². The van der Waals surface area contributed by atoms with Gasteiger partial charge in [-0.1, -0.05) is 6.07 Å². The van der Waals surface area contributed by atoms with E-state index < -0.39 is 0 Å². The van der Waals surface area contributed by atoms with E-state index >= 15 is 0 Å². The number of hydrogen-bond acceptors (Lipinski definition) is 5. The van der Waals surface area contributed by atoms with Crippen molar-refractivity contribution in [3.63, 3.8) is 0 Å². The molecule has 0 aliphatic carbocycles. The minimum atomic E-state index is -0.313. The molecule has 0 atom stereocenters. The van der Waals surface area contributed by atoms with E-state index in [0.29, 0.717) is 36.0 Å². The van der Waals surface area contributed by atoms with Crippen molar-refractivity contribution in [1.29, 1.82) is 0 Å². The molecule has 1 fully saturated rings. The van der Waals surface area contributed by atoms with Crippen LogP contribution in [0.3, 0.4) is 0 Å². The van der Waals surface area contributed by atoms with Gasteiger partial charge in [-0.3, -0.25) is 4.79 Å². The largest absolute Gasteiger partial charge is 0.441 e. The van der Waals surface area contributed by atoms with Crippen molar-refractivity contribution < 1.29 is 13.6 Å². The second-order valence-electron chi connectivity index (χ2n) is 6.76. The van der Waals surface area contributed by atoms with Crippen LogP contribution in [0.5, 0.6) is 0 Å². The van der Waals surface area contributed by atoms with E-state index in [-0.39, 0.29) is 18.1 Å². The second kappa shape index (κ2) is 7.80. The molecule has 1 amide bonds. The summed E-state index contributed by atoms with van der Waals surface area (Å²) < 4.78 is 18.8. The number of nitrogens with zero attached hydrogens (tertiary/aromatic N) is 4. The van der Waals surface area contributed by atoms with Crippen LogP contribution in [0.15, 0.2) is 53.1 Å². The summed E-state index contributed by atoms with van der Waals surface area (Å²) >= 11 is 0. The van der Waals surface area contributed by atoms with E-state index in [1.54, 1.807) is 25.3 Å². The molecule has 0 bridgehead atoms. The number of carbonyl (C=O) groups excluding carboxylic acids is 1. The Balaban J connectivity index is 1.38. The van der Waals surface area contributed by atoms with Crippen LogP contribution in [0.4, 0.5) is 10.2 Å². The van der Waals surface area contributed by atoms with Gasteiger partial charge in [-0.2, -0.15) is 0 Å². The molecule has 1 aromatic carbocycles. The first-order valence-electron chi connectivity index (χ1n) is 9.26. The third kappa shape index (κ3) is 3.88. The number of amides is 1. The summed E-state index contributed by atoms with van der Waals surface area (Å²) in [5.41, 5.74) is 1.31. The van der Waals surface area contributed by atoms with Gasteiger partial charge in [0.15, 0.2) is 0 Å². The lowest BCUT2D eigenvalue weighted by Crippen LogP contribution is -2.49. The molecule has 28 heavy (non-hydrogen) atoms. The molecule has 0 spiro atoms. The van der Waals surface area contributed by atoms with Crippen LogP contribution in [0.25, 0.3) is 11.5 Å². The van der Waals surface area contributed by atoms with Gasteiger partial charge in [-0.25, -0.2) is 14.4 Å². The summed E-state index contributed by atoms with van der Waals surface area (Å²) in [5, 5.41) is 0. The number of hydrogen-bond donors (Lipinski definition) is 0. The molecular formula is C21H21FN4O2. The van der Waals surface area contributed by atoms with Gasteiger partial charge in [0.05, 0.1) is 12.1 Å². The fourth-order valence-electron chi connectivity index (χ4n) is 3.29. The number of pyridine rings is 1. The standard InChI is InChI=1S/C21H21FN4O2/c1-15-18(24-21(28-15)16-5-7-17(22)8-6-16)14-20(27)26-12-10-25(11-13-26)19-4-2-3-9-23-19/h2-9H,10-14H2,1H3. The quantitative estimate of drug-likeness (QED) is 0.696. The van der Waals surface area contributed by atoms with Gasteiger partial charge in [0, 0.05) is 37.9 Å². The summed E-state index contributed by atoms with van der Waals surface area (Å²) in [6, 6.07) is 11.8. The number of anilines is 1. The van der Waals surface area contributed by atoms with E-state index in [1.165, 1.54) is 12.1 Å². The fraction of sp³-hybridized carbons (Fsp3) is 0.286. The highest BCUT2D eigenvalue weighted by molar-refractivity contribution is 5.79. The lowest BCUT2D eigenvalue weighted by atomic mass is 10.2. The van der Waals surface area contributed by atoms with Gasteiger partial charge < -0.3 is 14.2 Å². The fourth-order valence-corrected chi connectivity index (χ4v) is 3.29. The number of rotatable bonds is 4. The van der Waals surface area contributed by atoms with E-state index in [9.17, 15) is 9.18 Å². The maximum atomic E-state index is 13.1. The lowest BCUT2D eigenvalue weighted by molar-refractivity contribution is -0.130. The number of halogens is 1. The molecule has 3 aromatic rings.